The van der Waals surface area contributed by atoms with E-state index in [4.69, 9.17) is 23.2 Å². The SMILES string of the molecule is CC(C)CNC(=O)[C@@H](C)N(Cc1ccc(Br)cc1)C(=O)CN(c1ccc(Cl)c(Cl)c1)S(=O)(=O)c1ccccc1. The fourth-order valence-corrected chi connectivity index (χ4v) is 5.69. The molecule has 0 aliphatic heterocycles. The third-order valence-corrected chi connectivity index (χ3v) is 8.98. The van der Waals surface area contributed by atoms with Gasteiger partial charge < -0.3 is 10.2 Å². The molecule has 3 aromatic carbocycles. The zero-order valence-electron chi connectivity index (χ0n) is 21.8. The van der Waals surface area contributed by atoms with Crippen LogP contribution in [0, 0.1) is 5.92 Å². The molecule has 0 bridgehead atoms. The topological polar surface area (TPSA) is 86.8 Å². The minimum absolute atomic E-state index is 0.00561. The van der Waals surface area contributed by atoms with Crippen molar-refractivity contribution < 1.29 is 18.0 Å². The number of sulfonamides is 1. The maximum Gasteiger partial charge on any atom is 0.264 e. The molecule has 3 aromatic rings. The summed E-state index contributed by atoms with van der Waals surface area (Å²) in [6.07, 6.45) is 0. The van der Waals surface area contributed by atoms with E-state index in [1.807, 2.05) is 38.1 Å². The van der Waals surface area contributed by atoms with Crippen molar-refractivity contribution in [2.75, 3.05) is 17.4 Å². The largest absolute Gasteiger partial charge is 0.354 e. The summed E-state index contributed by atoms with van der Waals surface area (Å²) in [7, 11) is -4.18. The van der Waals surface area contributed by atoms with E-state index >= 15 is 0 Å². The van der Waals surface area contributed by atoms with Gasteiger partial charge in [-0.15, -0.1) is 0 Å². The van der Waals surface area contributed by atoms with Crippen LogP contribution >= 0.6 is 39.1 Å². The van der Waals surface area contributed by atoms with Gasteiger partial charge in [-0.1, -0.05) is 83.3 Å². The summed E-state index contributed by atoms with van der Waals surface area (Å²) in [4.78, 5) is 28.3. The van der Waals surface area contributed by atoms with Crippen LogP contribution in [-0.2, 0) is 26.2 Å². The number of nitrogens with zero attached hydrogens (tertiary/aromatic N) is 2. The van der Waals surface area contributed by atoms with Gasteiger partial charge in [-0.25, -0.2) is 8.42 Å². The van der Waals surface area contributed by atoms with Crippen molar-refractivity contribution in [2.45, 2.75) is 38.3 Å². The highest BCUT2D eigenvalue weighted by atomic mass is 79.9. The molecule has 0 saturated heterocycles. The second-order valence-electron chi connectivity index (χ2n) is 9.39. The first-order chi connectivity index (χ1) is 18.4. The van der Waals surface area contributed by atoms with Gasteiger partial charge in [0.1, 0.15) is 12.6 Å². The first-order valence-electron chi connectivity index (χ1n) is 12.2. The molecule has 0 heterocycles. The summed E-state index contributed by atoms with van der Waals surface area (Å²) in [5.41, 5.74) is 0.948. The van der Waals surface area contributed by atoms with Gasteiger partial charge in [-0.05, 0) is 60.9 Å². The van der Waals surface area contributed by atoms with Gasteiger partial charge in [0.15, 0.2) is 0 Å². The Labute approximate surface area is 248 Å². The lowest BCUT2D eigenvalue weighted by Gasteiger charge is -2.32. The maximum absolute atomic E-state index is 13.9. The Morgan fingerprint density at radius 2 is 1.56 bits per heavy atom. The van der Waals surface area contributed by atoms with Crippen LogP contribution < -0.4 is 9.62 Å². The van der Waals surface area contributed by atoms with E-state index in [1.165, 1.54) is 35.2 Å². The van der Waals surface area contributed by atoms with Crippen molar-refractivity contribution in [3.8, 4) is 0 Å². The van der Waals surface area contributed by atoms with Crippen molar-refractivity contribution in [2.24, 2.45) is 5.92 Å². The number of rotatable bonds is 11. The third kappa shape index (κ3) is 8.20. The number of hydrogen-bond acceptors (Lipinski definition) is 4. The van der Waals surface area contributed by atoms with Crippen molar-refractivity contribution in [3.05, 3.63) is 92.9 Å². The average molecular weight is 655 g/mol. The van der Waals surface area contributed by atoms with Gasteiger partial charge in [0.2, 0.25) is 11.8 Å². The van der Waals surface area contributed by atoms with E-state index in [1.54, 1.807) is 25.1 Å². The number of anilines is 1. The predicted octanol–water partition coefficient (Wildman–Crippen LogP) is 6.14. The Hall–Kier alpha value is -2.59. The number of nitrogens with one attached hydrogen (secondary N) is 1. The molecule has 2 amide bonds. The van der Waals surface area contributed by atoms with Crippen LogP contribution in [0.3, 0.4) is 0 Å². The predicted molar refractivity (Wildman–Crippen MR) is 159 cm³/mol. The van der Waals surface area contributed by atoms with E-state index < -0.39 is 28.5 Å². The van der Waals surface area contributed by atoms with Crippen LogP contribution in [0.15, 0.2) is 82.2 Å². The highest BCUT2D eigenvalue weighted by molar-refractivity contribution is 9.10. The Kier molecular flexibility index (Phi) is 10.8. The number of amides is 2. The minimum atomic E-state index is -4.18. The van der Waals surface area contributed by atoms with Gasteiger partial charge in [0.25, 0.3) is 10.0 Å². The second kappa shape index (κ2) is 13.7. The number of benzene rings is 3. The molecule has 1 atom stereocenters. The summed E-state index contributed by atoms with van der Waals surface area (Å²) in [5.74, 6) is -0.671. The molecular formula is C28H30BrCl2N3O4S. The molecular weight excluding hydrogens is 625 g/mol. The van der Waals surface area contributed by atoms with Crippen LogP contribution in [0.1, 0.15) is 26.3 Å². The first-order valence-corrected chi connectivity index (χ1v) is 15.2. The van der Waals surface area contributed by atoms with Gasteiger partial charge in [0, 0.05) is 17.6 Å². The highest BCUT2D eigenvalue weighted by Gasteiger charge is 2.32. The zero-order valence-corrected chi connectivity index (χ0v) is 25.7. The summed E-state index contributed by atoms with van der Waals surface area (Å²) in [6, 6.07) is 18.6. The Balaban J connectivity index is 2.02. The fourth-order valence-electron chi connectivity index (χ4n) is 3.71. The molecule has 0 aliphatic rings. The third-order valence-electron chi connectivity index (χ3n) is 5.92. The molecule has 7 nitrogen and oxygen atoms in total. The van der Waals surface area contributed by atoms with Crippen molar-refractivity contribution in [1.29, 1.82) is 0 Å². The Morgan fingerprint density at radius 3 is 2.15 bits per heavy atom. The molecule has 208 valence electrons. The van der Waals surface area contributed by atoms with Crippen molar-refractivity contribution >= 4 is 66.7 Å². The standard InChI is InChI=1S/C28H30BrCl2N3O4S/c1-19(2)16-32-28(36)20(3)33(17-21-9-11-22(29)12-10-21)27(35)18-34(23-13-14-25(30)26(31)15-23)39(37,38)24-7-5-4-6-8-24/h4-15,19-20H,16-18H2,1-3H3,(H,32,36)/t20-/m1/s1. The van der Waals surface area contributed by atoms with E-state index in [2.05, 4.69) is 21.2 Å². The number of halogens is 3. The molecule has 1 N–H and O–H groups in total. The lowest BCUT2D eigenvalue weighted by atomic mass is 10.1. The van der Waals surface area contributed by atoms with Gasteiger partial charge in [-0.3, -0.25) is 13.9 Å². The summed E-state index contributed by atoms with van der Waals surface area (Å²) < 4.78 is 29.4. The lowest BCUT2D eigenvalue weighted by Crippen LogP contribution is -2.51. The van der Waals surface area contributed by atoms with E-state index in [0.717, 1.165) is 14.3 Å². The Bertz CT molecular complexity index is 1400. The van der Waals surface area contributed by atoms with Crippen LogP contribution in [0.2, 0.25) is 10.0 Å². The molecule has 3 rings (SSSR count). The molecule has 0 fully saturated rings. The second-order valence-corrected chi connectivity index (χ2v) is 13.0. The van der Waals surface area contributed by atoms with E-state index in [9.17, 15) is 18.0 Å². The molecule has 0 radical (unpaired) electrons. The fraction of sp³-hybridized carbons (Fsp3) is 0.286. The normalized spacial score (nSPS) is 12.2. The smallest absolute Gasteiger partial charge is 0.264 e. The summed E-state index contributed by atoms with van der Waals surface area (Å²) in [5, 5.41) is 3.25. The quantitative estimate of drug-likeness (QED) is 0.269. The van der Waals surface area contributed by atoms with E-state index in [-0.39, 0.29) is 39.0 Å². The van der Waals surface area contributed by atoms with Crippen LogP contribution in [-0.4, -0.2) is 44.3 Å². The van der Waals surface area contributed by atoms with Crippen molar-refractivity contribution in [3.63, 3.8) is 0 Å². The monoisotopic (exact) mass is 653 g/mol. The lowest BCUT2D eigenvalue weighted by molar-refractivity contribution is -0.139. The summed E-state index contributed by atoms with van der Waals surface area (Å²) >= 11 is 15.7. The van der Waals surface area contributed by atoms with Gasteiger partial charge in [-0.2, -0.15) is 0 Å². The summed E-state index contributed by atoms with van der Waals surface area (Å²) in [6.45, 7) is 5.55. The van der Waals surface area contributed by atoms with Gasteiger partial charge >= 0.3 is 0 Å². The molecule has 0 spiro atoms. The number of carbonyl (C=O) groups is 2. The van der Waals surface area contributed by atoms with Crippen LogP contribution in [0.4, 0.5) is 5.69 Å². The maximum atomic E-state index is 13.9. The van der Waals surface area contributed by atoms with E-state index in [0.29, 0.717) is 6.54 Å². The molecule has 0 saturated carbocycles. The van der Waals surface area contributed by atoms with Crippen LogP contribution in [0.5, 0.6) is 0 Å². The minimum Gasteiger partial charge on any atom is -0.354 e. The molecule has 0 aromatic heterocycles. The molecule has 11 heteroatoms. The zero-order chi connectivity index (χ0) is 28.7. The highest BCUT2D eigenvalue weighted by Crippen LogP contribution is 2.31. The Morgan fingerprint density at radius 1 is 0.923 bits per heavy atom. The number of hydrogen-bond donors (Lipinski definition) is 1. The molecule has 0 aliphatic carbocycles. The average Bonchev–Trinajstić information content (AvgIpc) is 2.91. The first kappa shape index (κ1) is 30.9. The number of carbonyl (C=O) groups excluding carboxylic acids is 2. The molecule has 39 heavy (non-hydrogen) atoms. The molecule has 0 unspecified atom stereocenters. The van der Waals surface area contributed by atoms with Crippen LogP contribution in [0.25, 0.3) is 0 Å². The van der Waals surface area contributed by atoms with Crippen molar-refractivity contribution in [1.82, 2.24) is 10.2 Å². The van der Waals surface area contributed by atoms with Gasteiger partial charge in [0.05, 0.1) is 20.6 Å².